The summed E-state index contributed by atoms with van der Waals surface area (Å²) in [6.07, 6.45) is 2.20. The molecule has 2 N–H and O–H groups in total. The number of aromatic nitrogens is 1. The summed E-state index contributed by atoms with van der Waals surface area (Å²) in [5.74, 6) is -0.574. The summed E-state index contributed by atoms with van der Waals surface area (Å²) in [4.78, 5) is 28.8. The molecule has 2 amide bonds. The summed E-state index contributed by atoms with van der Waals surface area (Å²) < 4.78 is 0. The molecule has 0 saturated carbocycles. The van der Waals surface area contributed by atoms with Crippen molar-refractivity contribution in [3.63, 3.8) is 0 Å². The van der Waals surface area contributed by atoms with Crippen LogP contribution in [0.1, 0.15) is 32.0 Å². The number of aryl methyl sites for hydroxylation is 1. The van der Waals surface area contributed by atoms with Gasteiger partial charge in [-0.15, -0.1) is 0 Å². The van der Waals surface area contributed by atoms with Gasteiger partial charge in [-0.3, -0.25) is 14.6 Å². The summed E-state index contributed by atoms with van der Waals surface area (Å²) in [6, 6.07) is 20.5. The molecule has 1 heterocycles. The van der Waals surface area contributed by atoms with Crippen molar-refractivity contribution in [2.45, 2.75) is 13.3 Å². The molecule has 3 rings (SSSR count). The van der Waals surface area contributed by atoms with Crippen molar-refractivity contribution in [1.29, 1.82) is 0 Å². The maximum atomic E-state index is 12.4. The van der Waals surface area contributed by atoms with Crippen LogP contribution in [-0.4, -0.2) is 23.3 Å². The Kier molecular flexibility index (Phi) is 5.94. The van der Waals surface area contributed by atoms with Crippen molar-refractivity contribution in [2.75, 3.05) is 11.9 Å². The molecule has 0 aliphatic rings. The van der Waals surface area contributed by atoms with E-state index in [2.05, 4.69) is 15.6 Å². The van der Waals surface area contributed by atoms with Crippen molar-refractivity contribution in [1.82, 2.24) is 10.3 Å². The van der Waals surface area contributed by atoms with Crippen LogP contribution in [0.25, 0.3) is 0 Å². The predicted octanol–water partition coefficient (Wildman–Crippen LogP) is 3.61. The van der Waals surface area contributed by atoms with E-state index >= 15 is 0 Å². The molecule has 5 heteroatoms. The molecule has 27 heavy (non-hydrogen) atoms. The molecule has 136 valence electrons. The maximum Gasteiger partial charge on any atom is 0.269 e. The van der Waals surface area contributed by atoms with Gasteiger partial charge in [0.1, 0.15) is 5.69 Å². The van der Waals surface area contributed by atoms with E-state index < -0.39 is 0 Å². The van der Waals surface area contributed by atoms with Crippen LogP contribution in [0.5, 0.6) is 0 Å². The fraction of sp³-hybridized carbons (Fsp3) is 0.136. The molecule has 1 aromatic heterocycles. The number of amides is 2. The molecule has 3 aromatic rings. The van der Waals surface area contributed by atoms with E-state index in [1.165, 1.54) is 12.3 Å². The van der Waals surface area contributed by atoms with Crippen LogP contribution < -0.4 is 10.6 Å². The van der Waals surface area contributed by atoms with E-state index in [4.69, 9.17) is 0 Å². The van der Waals surface area contributed by atoms with E-state index in [0.29, 0.717) is 17.8 Å². The SMILES string of the molecule is Cc1ccc(NC(=O)c2ccnc(C(=O)NCCc3ccccc3)c2)cc1. The van der Waals surface area contributed by atoms with Gasteiger partial charge in [-0.2, -0.15) is 0 Å². The van der Waals surface area contributed by atoms with Gasteiger partial charge in [-0.25, -0.2) is 0 Å². The van der Waals surface area contributed by atoms with Gasteiger partial charge in [0.25, 0.3) is 11.8 Å². The molecular formula is C22H21N3O2. The van der Waals surface area contributed by atoms with Gasteiger partial charge in [0, 0.05) is 24.0 Å². The Labute approximate surface area is 158 Å². The van der Waals surface area contributed by atoms with Gasteiger partial charge in [-0.1, -0.05) is 48.0 Å². The van der Waals surface area contributed by atoms with Crippen molar-refractivity contribution in [2.24, 2.45) is 0 Å². The number of hydrogen-bond donors (Lipinski definition) is 2. The van der Waals surface area contributed by atoms with Crippen LogP contribution in [0.4, 0.5) is 5.69 Å². The zero-order valence-electron chi connectivity index (χ0n) is 15.1. The van der Waals surface area contributed by atoms with E-state index in [1.54, 1.807) is 6.07 Å². The number of carbonyl (C=O) groups is 2. The second-order valence-electron chi connectivity index (χ2n) is 6.24. The highest BCUT2D eigenvalue weighted by molar-refractivity contribution is 6.05. The molecule has 0 aliphatic carbocycles. The molecule has 0 saturated heterocycles. The molecule has 0 radical (unpaired) electrons. The summed E-state index contributed by atoms with van der Waals surface area (Å²) in [5.41, 5.74) is 3.58. The lowest BCUT2D eigenvalue weighted by atomic mass is 10.1. The van der Waals surface area contributed by atoms with Crippen LogP contribution in [0.2, 0.25) is 0 Å². The molecule has 0 fully saturated rings. The van der Waals surface area contributed by atoms with Crippen molar-refractivity contribution < 1.29 is 9.59 Å². The largest absolute Gasteiger partial charge is 0.350 e. The molecule has 0 aliphatic heterocycles. The Morgan fingerprint density at radius 2 is 1.67 bits per heavy atom. The van der Waals surface area contributed by atoms with Crippen LogP contribution in [-0.2, 0) is 6.42 Å². The van der Waals surface area contributed by atoms with Crippen molar-refractivity contribution in [3.05, 3.63) is 95.3 Å². The third kappa shape index (κ3) is 5.25. The third-order valence-electron chi connectivity index (χ3n) is 4.11. The van der Waals surface area contributed by atoms with Crippen LogP contribution >= 0.6 is 0 Å². The number of nitrogens with one attached hydrogen (secondary N) is 2. The van der Waals surface area contributed by atoms with Gasteiger partial charge in [0.15, 0.2) is 0 Å². The Morgan fingerprint density at radius 1 is 0.926 bits per heavy atom. The average Bonchev–Trinajstić information content (AvgIpc) is 2.70. The minimum absolute atomic E-state index is 0.222. The van der Waals surface area contributed by atoms with E-state index in [-0.39, 0.29) is 17.5 Å². The highest BCUT2D eigenvalue weighted by atomic mass is 16.2. The fourth-order valence-electron chi connectivity index (χ4n) is 2.59. The standard InChI is InChI=1S/C22H21N3O2/c1-16-7-9-19(10-8-16)25-21(26)18-12-14-23-20(15-18)22(27)24-13-11-17-5-3-2-4-6-17/h2-10,12,14-15H,11,13H2,1H3,(H,24,27)(H,25,26). The number of benzene rings is 2. The number of nitrogens with zero attached hydrogens (tertiary/aromatic N) is 1. The van der Waals surface area contributed by atoms with Crippen LogP contribution in [0.3, 0.4) is 0 Å². The predicted molar refractivity (Wildman–Crippen MR) is 106 cm³/mol. The lowest BCUT2D eigenvalue weighted by molar-refractivity contribution is 0.0949. The van der Waals surface area contributed by atoms with Gasteiger partial charge in [-0.05, 0) is 43.2 Å². The Bertz CT molecular complexity index is 922. The minimum atomic E-state index is -0.295. The normalized spacial score (nSPS) is 10.3. The first-order chi connectivity index (χ1) is 13.1. The number of rotatable bonds is 6. The minimum Gasteiger partial charge on any atom is -0.350 e. The summed E-state index contributed by atoms with van der Waals surface area (Å²) >= 11 is 0. The van der Waals surface area contributed by atoms with Crippen LogP contribution in [0, 0.1) is 6.92 Å². The molecule has 0 bridgehead atoms. The van der Waals surface area contributed by atoms with Crippen LogP contribution in [0.15, 0.2) is 72.9 Å². The average molecular weight is 359 g/mol. The highest BCUT2D eigenvalue weighted by Crippen LogP contribution is 2.11. The van der Waals surface area contributed by atoms with Gasteiger partial charge in [0.2, 0.25) is 0 Å². The first kappa shape index (κ1) is 18.3. The molecule has 2 aromatic carbocycles. The zero-order valence-corrected chi connectivity index (χ0v) is 15.1. The zero-order chi connectivity index (χ0) is 19.1. The van der Waals surface area contributed by atoms with Gasteiger partial charge in [0.05, 0.1) is 0 Å². The molecule has 0 unspecified atom stereocenters. The van der Waals surface area contributed by atoms with E-state index in [1.807, 2.05) is 61.5 Å². The second kappa shape index (κ2) is 8.76. The summed E-state index contributed by atoms with van der Waals surface area (Å²) in [6.45, 7) is 2.49. The monoisotopic (exact) mass is 359 g/mol. The number of hydrogen-bond acceptors (Lipinski definition) is 3. The van der Waals surface area contributed by atoms with Gasteiger partial charge < -0.3 is 10.6 Å². The highest BCUT2D eigenvalue weighted by Gasteiger charge is 2.12. The Hall–Kier alpha value is -3.47. The number of anilines is 1. The van der Waals surface area contributed by atoms with E-state index in [0.717, 1.165) is 17.5 Å². The van der Waals surface area contributed by atoms with Crippen molar-refractivity contribution >= 4 is 17.5 Å². The first-order valence-corrected chi connectivity index (χ1v) is 8.78. The Balaban J connectivity index is 1.59. The summed E-state index contributed by atoms with van der Waals surface area (Å²) in [5, 5.41) is 5.65. The second-order valence-corrected chi connectivity index (χ2v) is 6.24. The molecule has 0 atom stereocenters. The van der Waals surface area contributed by atoms with Crippen molar-refractivity contribution in [3.8, 4) is 0 Å². The Morgan fingerprint density at radius 3 is 2.41 bits per heavy atom. The quantitative estimate of drug-likeness (QED) is 0.706. The molecule has 0 spiro atoms. The first-order valence-electron chi connectivity index (χ1n) is 8.78. The summed E-state index contributed by atoms with van der Waals surface area (Å²) in [7, 11) is 0. The molecular weight excluding hydrogens is 338 g/mol. The maximum absolute atomic E-state index is 12.4. The topological polar surface area (TPSA) is 71.1 Å². The number of carbonyl (C=O) groups excluding carboxylic acids is 2. The van der Waals surface area contributed by atoms with Gasteiger partial charge >= 0.3 is 0 Å². The molecule has 5 nitrogen and oxygen atoms in total. The third-order valence-corrected chi connectivity index (χ3v) is 4.11. The van der Waals surface area contributed by atoms with E-state index in [9.17, 15) is 9.59 Å². The fourth-order valence-corrected chi connectivity index (χ4v) is 2.59. The lowest BCUT2D eigenvalue weighted by Crippen LogP contribution is -2.27. The smallest absolute Gasteiger partial charge is 0.269 e. The lowest BCUT2D eigenvalue weighted by Gasteiger charge is -2.08. The number of pyridine rings is 1.